The Labute approximate surface area is 142 Å². The average molecular weight is 332 g/mol. The van der Waals surface area contributed by atoms with Crippen LogP contribution in [0.2, 0.25) is 0 Å². The van der Waals surface area contributed by atoms with Crippen molar-refractivity contribution in [2.45, 2.75) is 44.0 Å². The summed E-state index contributed by atoms with van der Waals surface area (Å²) in [5, 5.41) is 3.16. The van der Waals surface area contributed by atoms with Crippen LogP contribution in [-0.2, 0) is 9.59 Å². The molecule has 1 saturated carbocycles. The van der Waals surface area contributed by atoms with Crippen LogP contribution in [0.25, 0.3) is 0 Å². The molecule has 5 heteroatoms. The number of carbonyl (C=O) groups is 2. The first kappa shape index (κ1) is 16.4. The Hall–Kier alpha value is -1.49. The highest BCUT2D eigenvalue weighted by Crippen LogP contribution is 2.35. The van der Waals surface area contributed by atoms with Crippen LogP contribution in [0, 0.1) is 11.8 Å². The summed E-state index contributed by atoms with van der Waals surface area (Å²) in [7, 11) is 0. The van der Waals surface area contributed by atoms with Crippen LogP contribution < -0.4 is 10.2 Å². The summed E-state index contributed by atoms with van der Waals surface area (Å²) >= 11 is 1.54. The van der Waals surface area contributed by atoms with Crippen molar-refractivity contribution in [3.8, 4) is 0 Å². The molecule has 1 fully saturated rings. The van der Waals surface area contributed by atoms with Crippen LogP contribution in [0.15, 0.2) is 29.2 Å². The fourth-order valence-corrected chi connectivity index (χ4v) is 4.44. The largest absolute Gasteiger partial charge is 0.352 e. The Balaban J connectivity index is 1.67. The highest BCUT2D eigenvalue weighted by atomic mass is 32.2. The van der Waals surface area contributed by atoms with Gasteiger partial charge in [0.2, 0.25) is 11.8 Å². The van der Waals surface area contributed by atoms with Crippen LogP contribution in [0.5, 0.6) is 0 Å². The van der Waals surface area contributed by atoms with Gasteiger partial charge in [0.1, 0.15) is 6.54 Å². The fraction of sp³-hybridized carbons (Fsp3) is 0.556. The molecule has 1 N–H and O–H groups in total. The van der Waals surface area contributed by atoms with Crippen molar-refractivity contribution in [1.29, 1.82) is 0 Å². The third-order valence-electron chi connectivity index (χ3n) is 5.16. The van der Waals surface area contributed by atoms with E-state index in [9.17, 15) is 9.59 Å². The number of nitrogens with zero attached hydrogens (tertiary/aromatic N) is 1. The van der Waals surface area contributed by atoms with Crippen molar-refractivity contribution in [2.75, 3.05) is 17.2 Å². The number of fused-ring (bicyclic) bond motifs is 1. The Kier molecular flexibility index (Phi) is 4.95. The molecule has 2 amide bonds. The minimum absolute atomic E-state index is 0.00825. The van der Waals surface area contributed by atoms with Gasteiger partial charge >= 0.3 is 0 Å². The van der Waals surface area contributed by atoms with E-state index in [1.54, 1.807) is 16.7 Å². The molecular weight excluding hydrogens is 308 g/mol. The minimum Gasteiger partial charge on any atom is -0.352 e. The van der Waals surface area contributed by atoms with Gasteiger partial charge in [0.25, 0.3) is 0 Å². The molecule has 23 heavy (non-hydrogen) atoms. The van der Waals surface area contributed by atoms with Gasteiger partial charge in [-0.3, -0.25) is 9.59 Å². The second kappa shape index (κ2) is 6.95. The van der Waals surface area contributed by atoms with E-state index in [-0.39, 0.29) is 24.4 Å². The summed E-state index contributed by atoms with van der Waals surface area (Å²) < 4.78 is 0. The molecule has 1 aromatic rings. The van der Waals surface area contributed by atoms with E-state index < -0.39 is 0 Å². The highest BCUT2D eigenvalue weighted by Gasteiger charge is 2.30. The van der Waals surface area contributed by atoms with Crippen LogP contribution >= 0.6 is 11.8 Å². The molecule has 2 aliphatic rings. The Morgan fingerprint density at radius 1 is 1.30 bits per heavy atom. The second-order valence-corrected chi connectivity index (χ2v) is 7.69. The monoisotopic (exact) mass is 332 g/mol. The topological polar surface area (TPSA) is 49.4 Å². The lowest BCUT2D eigenvalue weighted by Crippen LogP contribution is -2.49. The quantitative estimate of drug-likeness (QED) is 0.925. The Morgan fingerprint density at radius 2 is 2.09 bits per heavy atom. The normalized spacial score (nSPS) is 27.5. The molecule has 1 aliphatic carbocycles. The zero-order valence-corrected chi connectivity index (χ0v) is 14.6. The first-order chi connectivity index (χ1) is 11.1. The lowest BCUT2D eigenvalue weighted by Gasteiger charge is -2.35. The summed E-state index contributed by atoms with van der Waals surface area (Å²) in [6, 6.07) is 8.02. The van der Waals surface area contributed by atoms with Gasteiger partial charge in [0.15, 0.2) is 0 Å². The van der Waals surface area contributed by atoms with Crippen molar-refractivity contribution in [3.05, 3.63) is 24.3 Å². The standard InChI is InChI=1S/C18H24N2O2S/c1-12-6-5-7-14(13(12)2)19-17(21)10-20-15-8-3-4-9-16(15)23-11-18(20)22/h3-4,8-9,12-14H,5-7,10-11H2,1-2H3,(H,19,21)/t12-,13-,14+/m1/s1. The number of hydrogen-bond donors (Lipinski definition) is 1. The van der Waals surface area contributed by atoms with Gasteiger partial charge in [-0.2, -0.15) is 0 Å². The third kappa shape index (κ3) is 3.55. The van der Waals surface area contributed by atoms with Gasteiger partial charge in [-0.1, -0.05) is 38.8 Å². The first-order valence-electron chi connectivity index (χ1n) is 8.38. The average Bonchev–Trinajstić information content (AvgIpc) is 2.54. The zero-order chi connectivity index (χ0) is 16.4. The summed E-state index contributed by atoms with van der Waals surface area (Å²) in [6.45, 7) is 4.59. The Bertz CT molecular complexity index is 604. The zero-order valence-electron chi connectivity index (χ0n) is 13.7. The molecule has 3 atom stereocenters. The Morgan fingerprint density at radius 3 is 2.91 bits per heavy atom. The third-order valence-corrected chi connectivity index (χ3v) is 6.21. The minimum atomic E-state index is -0.0500. The molecule has 1 heterocycles. The van der Waals surface area contributed by atoms with Gasteiger partial charge in [-0.05, 0) is 30.4 Å². The number of rotatable bonds is 3. The van der Waals surface area contributed by atoms with E-state index in [4.69, 9.17) is 0 Å². The summed E-state index contributed by atoms with van der Waals surface area (Å²) in [4.78, 5) is 27.4. The van der Waals surface area contributed by atoms with E-state index in [2.05, 4.69) is 19.2 Å². The maximum absolute atomic E-state index is 12.5. The van der Waals surface area contributed by atoms with Crippen LogP contribution in [-0.4, -0.2) is 30.2 Å². The predicted molar refractivity (Wildman–Crippen MR) is 93.6 cm³/mol. The number of hydrogen-bond acceptors (Lipinski definition) is 3. The number of anilines is 1. The molecule has 0 bridgehead atoms. The van der Waals surface area contributed by atoms with E-state index in [1.807, 2.05) is 24.3 Å². The van der Waals surface area contributed by atoms with Crippen LogP contribution in [0.1, 0.15) is 33.1 Å². The van der Waals surface area contributed by atoms with Crippen molar-refractivity contribution < 1.29 is 9.59 Å². The number of benzene rings is 1. The van der Waals surface area contributed by atoms with Gasteiger partial charge in [0, 0.05) is 10.9 Å². The molecule has 0 radical (unpaired) electrons. The molecule has 0 aromatic heterocycles. The van der Waals surface area contributed by atoms with E-state index in [0.29, 0.717) is 17.6 Å². The summed E-state index contributed by atoms with van der Waals surface area (Å²) in [5.41, 5.74) is 0.856. The molecule has 1 aliphatic heterocycles. The van der Waals surface area contributed by atoms with Gasteiger partial charge in [-0.15, -0.1) is 11.8 Å². The molecule has 124 valence electrons. The SMILES string of the molecule is C[C@@H]1[C@H](C)CCC[C@@H]1NC(=O)CN1C(=O)CSc2ccccc21. The highest BCUT2D eigenvalue weighted by molar-refractivity contribution is 8.00. The predicted octanol–water partition coefficient (Wildman–Crippen LogP) is 3.07. The molecule has 4 nitrogen and oxygen atoms in total. The van der Waals surface area contributed by atoms with Gasteiger partial charge in [-0.25, -0.2) is 0 Å². The van der Waals surface area contributed by atoms with Crippen molar-refractivity contribution in [1.82, 2.24) is 5.32 Å². The molecule has 3 rings (SSSR count). The first-order valence-corrected chi connectivity index (χ1v) is 9.36. The maximum atomic E-state index is 12.5. The van der Waals surface area contributed by atoms with Crippen LogP contribution in [0.4, 0.5) is 5.69 Å². The van der Waals surface area contributed by atoms with Crippen molar-refractivity contribution >= 4 is 29.3 Å². The van der Waals surface area contributed by atoms with Gasteiger partial charge < -0.3 is 10.2 Å². The number of amides is 2. The molecule has 0 saturated heterocycles. The summed E-state index contributed by atoms with van der Waals surface area (Å²) in [6.07, 6.45) is 3.44. The lowest BCUT2D eigenvalue weighted by atomic mass is 9.78. The molecule has 0 spiro atoms. The molecular formula is C18H24N2O2S. The van der Waals surface area contributed by atoms with E-state index >= 15 is 0 Å². The van der Waals surface area contributed by atoms with Crippen molar-refractivity contribution in [3.63, 3.8) is 0 Å². The number of thioether (sulfide) groups is 1. The van der Waals surface area contributed by atoms with Crippen LogP contribution in [0.3, 0.4) is 0 Å². The molecule has 0 unspecified atom stereocenters. The number of para-hydroxylation sites is 1. The maximum Gasteiger partial charge on any atom is 0.240 e. The van der Waals surface area contributed by atoms with Crippen molar-refractivity contribution in [2.24, 2.45) is 11.8 Å². The number of carbonyl (C=O) groups excluding carboxylic acids is 2. The second-order valence-electron chi connectivity index (χ2n) is 6.68. The fourth-order valence-electron chi connectivity index (χ4n) is 3.51. The summed E-state index contributed by atoms with van der Waals surface area (Å²) in [5.74, 6) is 1.50. The molecule has 1 aromatic carbocycles. The van der Waals surface area contributed by atoms with E-state index in [1.165, 1.54) is 12.8 Å². The van der Waals surface area contributed by atoms with Gasteiger partial charge in [0.05, 0.1) is 11.4 Å². The number of nitrogens with one attached hydrogen (secondary N) is 1. The lowest BCUT2D eigenvalue weighted by molar-refractivity contribution is -0.124. The smallest absolute Gasteiger partial charge is 0.240 e. The van der Waals surface area contributed by atoms with E-state index in [0.717, 1.165) is 17.0 Å².